The molecule has 2 saturated heterocycles. The lowest BCUT2D eigenvalue weighted by molar-refractivity contribution is 0.0237. The number of likely N-dealkylation sites (tertiary alicyclic amines) is 1. The van der Waals surface area contributed by atoms with Crippen LogP contribution < -0.4 is 16.0 Å². The fourth-order valence-corrected chi connectivity index (χ4v) is 8.49. The highest BCUT2D eigenvalue weighted by atomic mass is 16.5. The number of methoxy groups -OCH3 is 1. The van der Waals surface area contributed by atoms with Crippen molar-refractivity contribution in [2.75, 3.05) is 46.5 Å². The Morgan fingerprint density at radius 2 is 1.29 bits per heavy atom. The van der Waals surface area contributed by atoms with Crippen LogP contribution >= 0.6 is 0 Å². The second-order valence-electron chi connectivity index (χ2n) is 14.7. The van der Waals surface area contributed by atoms with Gasteiger partial charge in [0.1, 0.15) is 17.2 Å². The van der Waals surface area contributed by atoms with E-state index in [9.17, 15) is 15.0 Å². The van der Waals surface area contributed by atoms with Gasteiger partial charge < -0.3 is 19.7 Å². The number of carbonyl (C=O) groups is 1. The summed E-state index contributed by atoms with van der Waals surface area (Å²) in [5.74, 6) is 6.02. The number of morpholine rings is 1. The summed E-state index contributed by atoms with van der Waals surface area (Å²) in [4.78, 5) is 17.3. The first kappa shape index (κ1) is 38.8. The van der Waals surface area contributed by atoms with Crippen LogP contribution in [0.3, 0.4) is 0 Å². The maximum atomic E-state index is 12.4. The number of fused-ring (bicyclic) bond motifs is 2. The van der Waals surface area contributed by atoms with Crippen molar-refractivity contribution in [3.8, 4) is 17.2 Å². The number of rotatable bonds is 8. The molecule has 2 unspecified atom stereocenters. The number of carbonyl (C=O) groups excluding carboxylic acids is 1. The second-order valence-corrected chi connectivity index (χ2v) is 14.7. The molecule has 0 radical (unpaired) electrons. The Morgan fingerprint density at radius 3 is 1.93 bits per heavy atom. The Labute approximate surface area is 329 Å². The SMILES string of the molecule is COc1ccc2ccc(O)c(C(c3ccccc3C)N3CCOCC3)c2c1.Cc1ccccc1C(c1c(O)c(C(=O)NN)cc2ccccc12)N1CCCCC1. The molecule has 0 aromatic heterocycles. The van der Waals surface area contributed by atoms with Crippen LogP contribution in [0.15, 0.2) is 109 Å². The zero-order chi connectivity index (χ0) is 39.2. The lowest BCUT2D eigenvalue weighted by Crippen LogP contribution is -2.39. The van der Waals surface area contributed by atoms with Crippen molar-refractivity contribution < 1.29 is 24.5 Å². The van der Waals surface area contributed by atoms with Gasteiger partial charge in [-0.05, 0) is 108 Å². The van der Waals surface area contributed by atoms with Crippen LogP contribution in [0.1, 0.15) is 75.1 Å². The van der Waals surface area contributed by atoms with Gasteiger partial charge in [0.25, 0.3) is 5.91 Å². The van der Waals surface area contributed by atoms with Gasteiger partial charge in [-0.3, -0.25) is 20.0 Å². The number of ether oxygens (including phenoxy) is 2. The average molecular weight is 753 g/mol. The summed E-state index contributed by atoms with van der Waals surface area (Å²) in [6, 6.07) is 35.9. The Balaban J connectivity index is 0.000000172. The lowest BCUT2D eigenvalue weighted by Gasteiger charge is -2.37. The first-order valence-corrected chi connectivity index (χ1v) is 19.5. The molecule has 9 heteroatoms. The number of hydrazine groups is 1. The molecular weight excluding hydrogens is 701 g/mol. The molecule has 8 rings (SSSR count). The van der Waals surface area contributed by atoms with E-state index in [0.717, 1.165) is 83.0 Å². The van der Waals surface area contributed by atoms with Crippen molar-refractivity contribution in [2.45, 2.75) is 45.2 Å². The van der Waals surface area contributed by atoms with Crippen molar-refractivity contribution in [2.24, 2.45) is 5.84 Å². The number of amides is 1. The third kappa shape index (κ3) is 7.94. The van der Waals surface area contributed by atoms with Gasteiger partial charge in [0.15, 0.2) is 0 Å². The number of piperidine rings is 1. The van der Waals surface area contributed by atoms with E-state index in [2.05, 4.69) is 65.5 Å². The highest BCUT2D eigenvalue weighted by molar-refractivity contribution is 6.03. The normalized spacial score (nSPS) is 16.1. The molecule has 6 aromatic carbocycles. The second kappa shape index (κ2) is 17.6. The maximum absolute atomic E-state index is 12.4. The maximum Gasteiger partial charge on any atom is 0.268 e. The fraction of sp³-hybridized carbons (Fsp3) is 0.298. The summed E-state index contributed by atoms with van der Waals surface area (Å²) in [6.45, 7) is 9.22. The Morgan fingerprint density at radius 1 is 0.696 bits per heavy atom. The number of aryl methyl sites for hydroxylation is 2. The van der Waals surface area contributed by atoms with E-state index in [-0.39, 0.29) is 23.4 Å². The fourth-order valence-electron chi connectivity index (χ4n) is 8.49. The molecule has 0 bridgehead atoms. The zero-order valence-electron chi connectivity index (χ0n) is 32.5. The average Bonchev–Trinajstić information content (AvgIpc) is 3.24. The van der Waals surface area contributed by atoms with Crippen LogP contribution in [0.5, 0.6) is 17.2 Å². The molecule has 2 aliphatic rings. The largest absolute Gasteiger partial charge is 0.508 e. The predicted molar refractivity (Wildman–Crippen MR) is 223 cm³/mol. The van der Waals surface area contributed by atoms with E-state index in [0.29, 0.717) is 19.0 Å². The van der Waals surface area contributed by atoms with E-state index < -0.39 is 5.91 Å². The molecule has 0 saturated carbocycles. The first-order valence-electron chi connectivity index (χ1n) is 19.5. The summed E-state index contributed by atoms with van der Waals surface area (Å²) < 4.78 is 11.0. The van der Waals surface area contributed by atoms with Gasteiger partial charge in [-0.2, -0.15) is 0 Å². The minimum absolute atomic E-state index is 0.00507. The van der Waals surface area contributed by atoms with Crippen LogP contribution in [0.25, 0.3) is 21.5 Å². The quantitative estimate of drug-likeness (QED) is 0.0697. The summed E-state index contributed by atoms with van der Waals surface area (Å²) in [5.41, 5.74) is 8.83. The molecule has 290 valence electrons. The molecule has 1 amide bonds. The number of nitrogens with zero attached hydrogens (tertiary/aromatic N) is 2. The van der Waals surface area contributed by atoms with Crippen LogP contribution in [-0.4, -0.2) is 72.4 Å². The summed E-state index contributed by atoms with van der Waals surface area (Å²) in [6.07, 6.45) is 3.48. The number of phenols is 2. The van der Waals surface area contributed by atoms with Gasteiger partial charge in [0.2, 0.25) is 0 Å². The number of phenolic OH excluding ortho intramolecular Hbond substituents is 2. The number of nitrogen functional groups attached to an aromatic ring is 1. The van der Waals surface area contributed by atoms with Gasteiger partial charge >= 0.3 is 0 Å². The molecule has 0 aliphatic carbocycles. The Kier molecular flexibility index (Phi) is 12.2. The summed E-state index contributed by atoms with van der Waals surface area (Å²) in [7, 11) is 1.67. The van der Waals surface area contributed by atoms with Gasteiger partial charge in [-0.1, -0.05) is 91.3 Å². The molecule has 0 spiro atoms. The third-order valence-electron chi connectivity index (χ3n) is 11.4. The number of hydrogen-bond acceptors (Lipinski definition) is 8. The molecule has 2 fully saturated rings. The third-order valence-corrected chi connectivity index (χ3v) is 11.4. The molecule has 6 aromatic rings. The predicted octanol–water partition coefficient (Wildman–Crippen LogP) is 8.32. The van der Waals surface area contributed by atoms with Gasteiger partial charge in [0.05, 0.1) is 38.0 Å². The molecule has 9 nitrogen and oxygen atoms in total. The molecule has 2 heterocycles. The van der Waals surface area contributed by atoms with Crippen molar-refractivity contribution in [1.29, 1.82) is 0 Å². The van der Waals surface area contributed by atoms with Gasteiger partial charge in [0, 0.05) is 24.2 Å². The molecule has 56 heavy (non-hydrogen) atoms. The van der Waals surface area contributed by atoms with Gasteiger partial charge in [-0.25, -0.2) is 5.84 Å². The molecule has 2 atom stereocenters. The Bertz CT molecular complexity index is 2320. The first-order chi connectivity index (χ1) is 27.3. The van der Waals surface area contributed by atoms with E-state index in [1.165, 1.54) is 23.1 Å². The minimum atomic E-state index is -0.489. The highest BCUT2D eigenvalue weighted by Crippen LogP contribution is 2.44. The standard InChI is InChI=1S/C24H27N3O2.C23H25NO3/c1-16-9-3-5-11-18(16)22(27-13-7-2-8-14-27)21-19-12-6-4-10-17(19)15-20(23(21)28)24(29)26-25;1-16-5-3-4-6-19(16)23(24-11-13-27-14-12-24)22-20-15-18(26-2)9-7-17(20)8-10-21(22)25/h3-6,9-12,15,22,28H,2,7-8,13-14,25H2,1H3,(H,26,29);3-10,15,23,25H,11-14H2,1-2H3. The summed E-state index contributed by atoms with van der Waals surface area (Å²) in [5, 5.41) is 26.2. The van der Waals surface area contributed by atoms with Crippen molar-refractivity contribution in [3.05, 3.63) is 148 Å². The van der Waals surface area contributed by atoms with Crippen LogP contribution in [-0.2, 0) is 4.74 Å². The number of aromatic hydroxyl groups is 2. The van der Waals surface area contributed by atoms with Crippen LogP contribution in [0, 0.1) is 13.8 Å². The Hall–Kier alpha value is -5.45. The van der Waals surface area contributed by atoms with E-state index in [4.69, 9.17) is 15.3 Å². The van der Waals surface area contributed by atoms with Crippen LogP contribution in [0.2, 0.25) is 0 Å². The molecule has 5 N–H and O–H groups in total. The molecule has 2 aliphatic heterocycles. The van der Waals surface area contributed by atoms with E-state index >= 15 is 0 Å². The van der Waals surface area contributed by atoms with Crippen molar-refractivity contribution in [3.63, 3.8) is 0 Å². The molecular formula is C47H52N4O5. The topological polar surface area (TPSA) is 121 Å². The van der Waals surface area contributed by atoms with Crippen molar-refractivity contribution in [1.82, 2.24) is 15.2 Å². The summed E-state index contributed by atoms with van der Waals surface area (Å²) >= 11 is 0. The minimum Gasteiger partial charge on any atom is -0.508 e. The van der Waals surface area contributed by atoms with Crippen LogP contribution in [0.4, 0.5) is 0 Å². The zero-order valence-corrected chi connectivity index (χ0v) is 32.5. The lowest BCUT2D eigenvalue weighted by atomic mass is 9.87. The number of nitrogens with two attached hydrogens (primary N) is 1. The van der Waals surface area contributed by atoms with Gasteiger partial charge in [-0.15, -0.1) is 0 Å². The number of benzene rings is 6. The monoisotopic (exact) mass is 752 g/mol. The van der Waals surface area contributed by atoms with Crippen molar-refractivity contribution >= 4 is 27.5 Å². The van der Waals surface area contributed by atoms with E-state index in [1.807, 2.05) is 60.7 Å². The van der Waals surface area contributed by atoms with E-state index in [1.54, 1.807) is 19.2 Å². The number of nitrogens with one attached hydrogen (secondary N) is 1. The highest BCUT2D eigenvalue weighted by Gasteiger charge is 2.32. The number of hydrogen-bond donors (Lipinski definition) is 4. The smallest absolute Gasteiger partial charge is 0.268 e.